The third-order valence-electron chi connectivity index (χ3n) is 3.92. The molecular formula is C20H28N2PS+. The van der Waals surface area contributed by atoms with Crippen LogP contribution in [0.15, 0.2) is 54.1 Å². The number of thiocarbonyl (C=S) groups is 1. The van der Waals surface area contributed by atoms with Gasteiger partial charge in [0.05, 0.1) is 5.69 Å². The minimum atomic E-state index is -0.149. The summed E-state index contributed by atoms with van der Waals surface area (Å²) in [6, 6.07) is 14.3. The van der Waals surface area contributed by atoms with Gasteiger partial charge in [0.25, 0.3) is 0 Å². The molecule has 2 nitrogen and oxygen atoms in total. The number of rotatable bonds is 9. The zero-order valence-corrected chi connectivity index (χ0v) is 16.2. The van der Waals surface area contributed by atoms with E-state index in [2.05, 4.69) is 41.3 Å². The molecule has 2 aromatic rings. The van der Waals surface area contributed by atoms with Crippen molar-refractivity contribution < 1.29 is 0 Å². The summed E-state index contributed by atoms with van der Waals surface area (Å²) in [5.41, 5.74) is 2.12. The highest BCUT2D eigenvalue weighted by atomic mass is 32.1. The molecular weight excluding hydrogens is 331 g/mol. The summed E-state index contributed by atoms with van der Waals surface area (Å²) in [5, 5.41) is 7.17. The van der Waals surface area contributed by atoms with Crippen LogP contribution in [0.3, 0.4) is 0 Å². The minimum Gasteiger partial charge on any atom is -0.332 e. The Bertz CT molecular complexity index is 616. The molecule has 1 aromatic carbocycles. The summed E-state index contributed by atoms with van der Waals surface area (Å²) in [6.07, 6.45) is 9.45. The second kappa shape index (κ2) is 11.2. The first kappa shape index (κ1) is 18.9. The topological polar surface area (TPSA) is 24.1 Å². The molecule has 128 valence electrons. The lowest BCUT2D eigenvalue weighted by Gasteiger charge is -2.09. The average Bonchev–Trinajstić information content (AvgIpc) is 2.59. The number of benzene rings is 1. The van der Waals surface area contributed by atoms with Crippen LogP contribution in [0.25, 0.3) is 0 Å². The summed E-state index contributed by atoms with van der Waals surface area (Å²) in [7, 11) is -0.149. The van der Waals surface area contributed by atoms with Crippen molar-refractivity contribution in [1.82, 2.24) is 0 Å². The van der Waals surface area contributed by atoms with Crippen molar-refractivity contribution >= 4 is 36.2 Å². The molecule has 4 heteroatoms. The summed E-state index contributed by atoms with van der Waals surface area (Å²) < 4.78 is 0. The number of hydrogen-bond donors (Lipinski definition) is 2. The van der Waals surface area contributed by atoms with Crippen molar-refractivity contribution in [3.63, 3.8) is 0 Å². The summed E-state index contributed by atoms with van der Waals surface area (Å²) in [4.78, 5) is 0. The molecule has 0 saturated heterocycles. The molecule has 0 aliphatic rings. The standard InChI is InChI=1S/C20H27N2PS/c1-2-3-4-5-6-10-15-23-16-11-14-19(17-23)22-20(24)21-18-12-8-7-9-13-18/h7-9,11-14,16-17H,2-6,10,15H2,1H3,(H-,21,22,24)/p+1. The lowest BCUT2D eigenvalue weighted by Crippen LogP contribution is -2.18. The zero-order valence-electron chi connectivity index (χ0n) is 14.5. The SMILES string of the molecule is CCCCCCCC[p+]1cccc(NC(=S)Nc2ccccc2)c1. The number of para-hydroxylation sites is 1. The van der Waals surface area contributed by atoms with Crippen molar-refractivity contribution in [3.8, 4) is 0 Å². The molecule has 0 aliphatic heterocycles. The van der Waals surface area contributed by atoms with E-state index < -0.39 is 0 Å². The zero-order chi connectivity index (χ0) is 17.0. The molecule has 1 unspecified atom stereocenters. The molecule has 2 N–H and O–H groups in total. The number of aryl methyl sites for hydroxylation is 1. The first-order chi connectivity index (χ1) is 11.8. The van der Waals surface area contributed by atoms with Gasteiger partial charge in [-0.2, -0.15) is 0 Å². The molecule has 1 heterocycles. The fourth-order valence-electron chi connectivity index (χ4n) is 2.62. The van der Waals surface area contributed by atoms with Gasteiger partial charge in [-0.1, -0.05) is 50.8 Å². The molecule has 1 aromatic heterocycles. The highest BCUT2D eigenvalue weighted by Gasteiger charge is 2.07. The predicted molar refractivity (Wildman–Crippen MR) is 113 cm³/mol. The van der Waals surface area contributed by atoms with Gasteiger partial charge in [0, 0.05) is 5.69 Å². The molecule has 0 spiro atoms. The average molecular weight is 359 g/mol. The first-order valence-corrected chi connectivity index (χ1v) is 11.0. The van der Waals surface area contributed by atoms with Crippen molar-refractivity contribution in [2.45, 2.75) is 51.6 Å². The quantitative estimate of drug-likeness (QED) is 0.368. The van der Waals surface area contributed by atoms with Gasteiger partial charge in [-0.25, -0.2) is 0 Å². The van der Waals surface area contributed by atoms with E-state index in [1.807, 2.05) is 30.3 Å². The highest BCUT2D eigenvalue weighted by Crippen LogP contribution is 2.32. The molecule has 1 atom stereocenters. The Kier molecular flexibility index (Phi) is 8.80. The Labute approximate surface area is 152 Å². The van der Waals surface area contributed by atoms with Gasteiger partial charge < -0.3 is 10.6 Å². The lowest BCUT2D eigenvalue weighted by atomic mass is 10.1. The predicted octanol–water partition coefficient (Wildman–Crippen LogP) is 7.12. The van der Waals surface area contributed by atoms with Crippen LogP contribution in [0.4, 0.5) is 11.4 Å². The molecule has 0 bridgehead atoms. The molecule has 24 heavy (non-hydrogen) atoms. The highest BCUT2D eigenvalue weighted by molar-refractivity contribution is 7.80. The Hall–Kier alpha value is -1.44. The van der Waals surface area contributed by atoms with Crippen molar-refractivity contribution in [1.29, 1.82) is 0 Å². The third-order valence-corrected chi connectivity index (χ3v) is 6.12. The Morgan fingerprint density at radius 3 is 2.33 bits per heavy atom. The molecule has 0 amide bonds. The van der Waals surface area contributed by atoms with E-state index in [-0.39, 0.29) is 7.53 Å². The maximum absolute atomic E-state index is 5.40. The van der Waals surface area contributed by atoms with Gasteiger partial charge in [-0.05, 0) is 49.3 Å². The van der Waals surface area contributed by atoms with E-state index in [0.29, 0.717) is 5.11 Å². The van der Waals surface area contributed by atoms with Crippen molar-refractivity contribution in [3.05, 3.63) is 54.1 Å². The summed E-state index contributed by atoms with van der Waals surface area (Å²) >= 11 is 5.40. The number of anilines is 2. The van der Waals surface area contributed by atoms with E-state index in [9.17, 15) is 0 Å². The fourth-order valence-corrected chi connectivity index (χ4v) is 4.63. The lowest BCUT2D eigenvalue weighted by molar-refractivity contribution is 0.619. The molecule has 0 radical (unpaired) electrons. The van der Waals surface area contributed by atoms with Gasteiger partial charge in [-0.15, -0.1) is 0 Å². The largest absolute Gasteiger partial charge is 0.332 e. The smallest absolute Gasteiger partial charge is 0.175 e. The maximum Gasteiger partial charge on any atom is 0.175 e. The molecule has 0 fully saturated rings. The fraction of sp³-hybridized carbons (Fsp3) is 0.400. The number of nitrogens with one attached hydrogen (secondary N) is 2. The monoisotopic (exact) mass is 359 g/mol. The second-order valence-corrected chi connectivity index (χ2v) is 8.48. The van der Waals surface area contributed by atoms with Crippen LogP contribution in [0.2, 0.25) is 0 Å². The van der Waals surface area contributed by atoms with Crippen LogP contribution in [0.5, 0.6) is 0 Å². The van der Waals surface area contributed by atoms with E-state index >= 15 is 0 Å². The van der Waals surface area contributed by atoms with Crippen LogP contribution in [-0.2, 0) is 6.16 Å². The van der Waals surface area contributed by atoms with Crippen LogP contribution in [0, 0.1) is 0 Å². The molecule has 0 aliphatic carbocycles. The van der Waals surface area contributed by atoms with Gasteiger partial charge in [0.2, 0.25) is 0 Å². The first-order valence-electron chi connectivity index (χ1n) is 8.90. The summed E-state index contributed by atoms with van der Waals surface area (Å²) in [5.74, 6) is 4.70. The second-order valence-electron chi connectivity index (χ2n) is 6.04. The van der Waals surface area contributed by atoms with E-state index in [0.717, 1.165) is 11.4 Å². The molecule has 0 saturated carbocycles. The Morgan fingerprint density at radius 2 is 1.54 bits per heavy atom. The van der Waals surface area contributed by atoms with Crippen LogP contribution >= 0.6 is 19.8 Å². The third kappa shape index (κ3) is 7.42. The van der Waals surface area contributed by atoms with E-state index in [1.165, 1.54) is 44.7 Å². The Morgan fingerprint density at radius 1 is 0.875 bits per heavy atom. The minimum absolute atomic E-state index is 0.149. The Balaban J connectivity index is 1.76. The van der Waals surface area contributed by atoms with Crippen molar-refractivity contribution in [2.24, 2.45) is 0 Å². The van der Waals surface area contributed by atoms with Gasteiger partial charge in [0.1, 0.15) is 25.3 Å². The number of unbranched alkanes of at least 4 members (excludes halogenated alkanes) is 5. The van der Waals surface area contributed by atoms with Crippen LogP contribution < -0.4 is 10.6 Å². The van der Waals surface area contributed by atoms with Gasteiger partial charge in [-0.3, -0.25) is 0 Å². The van der Waals surface area contributed by atoms with Gasteiger partial charge in [0.15, 0.2) is 5.11 Å². The number of hydrogen-bond acceptors (Lipinski definition) is 1. The van der Waals surface area contributed by atoms with Crippen LogP contribution in [0.1, 0.15) is 45.4 Å². The van der Waals surface area contributed by atoms with E-state index in [1.54, 1.807) is 0 Å². The summed E-state index contributed by atoms with van der Waals surface area (Å²) in [6.45, 7) is 2.27. The maximum atomic E-state index is 5.40. The normalized spacial score (nSPS) is 11.1. The molecule has 2 rings (SSSR count). The van der Waals surface area contributed by atoms with E-state index in [4.69, 9.17) is 12.2 Å². The van der Waals surface area contributed by atoms with Gasteiger partial charge >= 0.3 is 0 Å². The van der Waals surface area contributed by atoms with Crippen molar-refractivity contribution in [2.75, 3.05) is 10.6 Å². The van der Waals surface area contributed by atoms with Crippen LogP contribution in [-0.4, -0.2) is 5.11 Å².